The van der Waals surface area contributed by atoms with Crippen LogP contribution in [0.2, 0.25) is 0 Å². The summed E-state index contributed by atoms with van der Waals surface area (Å²) >= 11 is 0. The molecule has 3 heteroatoms. The molecule has 0 amide bonds. The molecule has 3 nitrogen and oxygen atoms in total. The Bertz CT molecular complexity index is 821. The average Bonchev–Trinajstić information content (AvgIpc) is 2.64. The molecule has 0 aliphatic rings. The van der Waals surface area contributed by atoms with Crippen molar-refractivity contribution in [1.82, 2.24) is 0 Å². The first-order valence-electron chi connectivity index (χ1n) is 8.22. The normalized spacial score (nSPS) is 11.7. The summed E-state index contributed by atoms with van der Waals surface area (Å²) in [4.78, 5) is 11.5. The molecule has 3 aromatic rings. The summed E-state index contributed by atoms with van der Waals surface area (Å²) in [6, 6.07) is 25.4. The minimum absolute atomic E-state index is 0.329. The largest absolute Gasteiger partial charge is 0.478 e. The Morgan fingerprint density at radius 1 is 0.880 bits per heavy atom. The Hall–Kier alpha value is -3.07. The predicted octanol–water partition coefficient (Wildman–Crippen LogP) is 4.74. The van der Waals surface area contributed by atoms with Crippen molar-refractivity contribution in [3.63, 3.8) is 0 Å². The van der Waals surface area contributed by atoms with E-state index in [1.54, 1.807) is 0 Å². The second kappa shape index (κ2) is 7.67. The standard InChI is InChI=1S/C22H20O3/c1-16-7-9-17(10-8-16)15-21(22(23)24)25-20-13-11-19(12-14-20)18-5-3-2-4-6-18/h2-14,21H,15H2,1H3,(H,23,24). The smallest absolute Gasteiger partial charge is 0.345 e. The molecule has 0 saturated heterocycles. The van der Waals surface area contributed by atoms with Crippen molar-refractivity contribution in [2.45, 2.75) is 19.4 Å². The Morgan fingerprint density at radius 2 is 1.48 bits per heavy atom. The van der Waals surface area contributed by atoms with Crippen LogP contribution in [0, 0.1) is 6.92 Å². The first-order valence-corrected chi connectivity index (χ1v) is 8.22. The van der Waals surface area contributed by atoms with E-state index in [1.807, 2.05) is 85.8 Å². The molecule has 0 bridgehead atoms. The third-order valence-corrected chi connectivity index (χ3v) is 4.06. The number of carboxylic acids is 1. The van der Waals surface area contributed by atoms with E-state index >= 15 is 0 Å². The van der Waals surface area contributed by atoms with Crippen LogP contribution in [0.4, 0.5) is 0 Å². The minimum Gasteiger partial charge on any atom is -0.478 e. The number of aryl methyl sites for hydroxylation is 1. The Morgan fingerprint density at radius 3 is 2.08 bits per heavy atom. The Labute approximate surface area is 147 Å². The molecule has 0 aliphatic carbocycles. The molecule has 126 valence electrons. The van der Waals surface area contributed by atoms with Crippen LogP contribution >= 0.6 is 0 Å². The van der Waals surface area contributed by atoms with Gasteiger partial charge in [-0.25, -0.2) is 4.79 Å². The van der Waals surface area contributed by atoms with E-state index in [-0.39, 0.29) is 0 Å². The van der Waals surface area contributed by atoms with Gasteiger partial charge >= 0.3 is 5.97 Å². The molecule has 1 atom stereocenters. The van der Waals surface area contributed by atoms with E-state index in [4.69, 9.17) is 4.74 Å². The molecule has 25 heavy (non-hydrogen) atoms. The molecule has 3 rings (SSSR count). The summed E-state index contributed by atoms with van der Waals surface area (Å²) in [7, 11) is 0. The zero-order valence-electron chi connectivity index (χ0n) is 14.1. The van der Waals surface area contributed by atoms with E-state index < -0.39 is 12.1 Å². The lowest BCUT2D eigenvalue weighted by molar-refractivity contribution is -0.145. The van der Waals surface area contributed by atoms with Crippen LogP contribution in [0.15, 0.2) is 78.9 Å². The number of rotatable bonds is 6. The highest BCUT2D eigenvalue weighted by Crippen LogP contribution is 2.23. The third kappa shape index (κ3) is 4.48. The van der Waals surface area contributed by atoms with Crippen molar-refractivity contribution in [2.75, 3.05) is 0 Å². The van der Waals surface area contributed by atoms with E-state index in [0.29, 0.717) is 12.2 Å². The van der Waals surface area contributed by atoms with Gasteiger partial charge in [0.05, 0.1) is 0 Å². The molecule has 3 aromatic carbocycles. The van der Waals surface area contributed by atoms with Gasteiger partial charge in [-0.05, 0) is 35.7 Å². The number of carbonyl (C=O) groups is 1. The van der Waals surface area contributed by atoms with Gasteiger partial charge in [0.1, 0.15) is 5.75 Å². The molecule has 1 N–H and O–H groups in total. The molecular weight excluding hydrogens is 312 g/mol. The molecule has 0 radical (unpaired) electrons. The number of ether oxygens (including phenoxy) is 1. The van der Waals surface area contributed by atoms with Crippen LogP contribution in [0.3, 0.4) is 0 Å². The van der Waals surface area contributed by atoms with Gasteiger partial charge in [0.2, 0.25) is 0 Å². The van der Waals surface area contributed by atoms with Gasteiger partial charge in [0.25, 0.3) is 0 Å². The van der Waals surface area contributed by atoms with Crippen LogP contribution in [-0.4, -0.2) is 17.2 Å². The molecule has 0 saturated carbocycles. The maximum absolute atomic E-state index is 11.5. The minimum atomic E-state index is -0.965. The summed E-state index contributed by atoms with van der Waals surface area (Å²) in [5.41, 5.74) is 4.27. The van der Waals surface area contributed by atoms with Crippen molar-refractivity contribution in [3.05, 3.63) is 90.0 Å². The summed E-state index contributed by atoms with van der Waals surface area (Å²) < 4.78 is 5.70. The fraction of sp³-hybridized carbons (Fsp3) is 0.136. The van der Waals surface area contributed by atoms with Gasteiger partial charge in [-0.15, -0.1) is 0 Å². The monoisotopic (exact) mass is 332 g/mol. The van der Waals surface area contributed by atoms with Crippen LogP contribution in [0.5, 0.6) is 5.75 Å². The summed E-state index contributed by atoms with van der Waals surface area (Å²) in [6.45, 7) is 2.00. The third-order valence-electron chi connectivity index (χ3n) is 4.06. The second-order valence-corrected chi connectivity index (χ2v) is 6.02. The van der Waals surface area contributed by atoms with Gasteiger partial charge in [-0.3, -0.25) is 0 Å². The Kier molecular flexibility index (Phi) is 5.14. The van der Waals surface area contributed by atoms with Gasteiger partial charge in [0, 0.05) is 6.42 Å². The average molecular weight is 332 g/mol. The van der Waals surface area contributed by atoms with Crippen molar-refractivity contribution < 1.29 is 14.6 Å². The Balaban J connectivity index is 1.72. The number of carboxylic acid groups (broad SMARTS) is 1. The van der Waals surface area contributed by atoms with Crippen LogP contribution in [-0.2, 0) is 11.2 Å². The molecule has 0 spiro atoms. The second-order valence-electron chi connectivity index (χ2n) is 6.02. The van der Waals surface area contributed by atoms with Crippen molar-refractivity contribution in [2.24, 2.45) is 0 Å². The number of aliphatic carboxylic acids is 1. The molecular formula is C22H20O3. The first-order chi connectivity index (χ1) is 12.1. The van der Waals surface area contributed by atoms with Crippen molar-refractivity contribution in [1.29, 1.82) is 0 Å². The summed E-state index contributed by atoms with van der Waals surface area (Å²) in [6.07, 6.45) is -0.582. The van der Waals surface area contributed by atoms with Gasteiger partial charge in [-0.1, -0.05) is 72.3 Å². The SMILES string of the molecule is Cc1ccc(CC(Oc2ccc(-c3ccccc3)cc2)C(=O)O)cc1. The fourth-order valence-electron chi connectivity index (χ4n) is 2.64. The van der Waals surface area contributed by atoms with E-state index in [9.17, 15) is 9.90 Å². The maximum atomic E-state index is 11.5. The van der Waals surface area contributed by atoms with Crippen molar-refractivity contribution >= 4 is 5.97 Å². The topological polar surface area (TPSA) is 46.5 Å². The predicted molar refractivity (Wildman–Crippen MR) is 98.8 cm³/mol. The van der Waals surface area contributed by atoms with Crippen LogP contribution in [0.1, 0.15) is 11.1 Å². The van der Waals surface area contributed by atoms with E-state index in [0.717, 1.165) is 22.3 Å². The lowest BCUT2D eigenvalue weighted by Crippen LogP contribution is -2.29. The van der Waals surface area contributed by atoms with Gasteiger partial charge in [0.15, 0.2) is 6.10 Å². The number of hydrogen-bond donors (Lipinski definition) is 1. The van der Waals surface area contributed by atoms with Crippen molar-refractivity contribution in [3.8, 4) is 16.9 Å². The maximum Gasteiger partial charge on any atom is 0.345 e. The lowest BCUT2D eigenvalue weighted by Gasteiger charge is -2.16. The van der Waals surface area contributed by atoms with E-state index in [2.05, 4.69) is 0 Å². The first kappa shape index (κ1) is 16.8. The van der Waals surface area contributed by atoms with Gasteiger partial charge in [-0.2, -0.15) is 0 Å². The molecule has 0 fully saturated rings. The molecule has 1 unspecified atom stereocenters. The molecule has 0 aliphatic heterocycles. The van der Waals surface area contributed by atoms with Gasteiger partial charge < -0.3 is 9.84 Å². The highest BCUT2D eigenvalue weighted by molar-refractivity contribution is 5.73. The highest BCUT2D eigenvalue weighted by atomic mass is 16.5. The zero-order valence-corrected chi connectivity index (χ0v) is 14.1. The number of benzene rings is 3. The quantitative estimate of drug-likeness (QED) is 0.709. The summed E-state index contributed by atoms with van der Waals surface area (Å²) in [5, 5.41) is 9.46. The highest BCUT2D eigenvalue weighted by Gasteiger charge is 2.20. The van der Waals surface area contributed by atoms with Crippen LogP contribution in [0.25, 0.3) is 11.1 Å². The number of hydrogen-bond acceptors (Lipinski definition) is 2. The van der Waals surface area contributed by atoms with Crippen LogP contribution < -0.4 is 4.74 Å². The fourth-order valence-corrected chi connectivity index (χ4v) is 2.64. The lowest BCUT2D eigenvalue weighted by atomic mass is 10.1. The molecule has 0 heterocycles. The molecule has 0 aromatic heterocycles. The summed E-state index contributed by atoms with van der Waals surface area (Å²) in [5.74, 6) is -0.410. The zero-order chi connectivity index (χ0) is 17.6. The van der Waals surface area contributed by atoms with E-state index in [1.165, 1.54) is 0 Å².